The molecule has 0 aliphatic carbocycles. The van der Waals surface area contributed by atoms with Crippen LogP contribution in [0.3, 0.4) is 0 Å². The minimum atomic E-state index is -0.0426. The number of nitrogens with zero attached hydrogens (tertiary/aromatic N) is 1. The van der Waals surface area contributed by atoms with E-state index in [0.29, 0.717) is 5.88 Å². The maximum Gasteiger partial charge on any atom is 0.219 e. The van der Waals surface area contributed by atoms with E-state index in [1.807, 2.05) is 45.0 Å². The Bertz CT molecular complexity index is 573. The number of nitrogens with two attached hydrogens (primary N) is 1. The lowest BCUT2D eigenvalue weighted by molar-refractivity contribution is 0.461. The van der Waals surface area contributed by atoms with Crippen LogP contribution in [0.1, 0.15) is 29.7 Å². The van der Waals surface area contributed by atoms with Crippen LogP contribution in [-0.2, 0) is 0 Å². The SMILES string of the molecule is Cc1cc(Oc2cc([C@@H](C)N)ccn2)cc(C)c1Cl. The second kappa shape index (κ2) is 5.59. The van der Waals surface area contributed by atoms with Crippen molar-refractivity contribution in [2.75, 3.05) is 0 Å². The van der Waals surface area contributed by atoms with E-state index >= 15 is 0 Å². The molecule has 0 amide bonds. The zero-order chi connectivity index (χ0) is 14.0. The number of hydrogen-bond donors (Lipinski definition) is 1. The molecule has 4 heteroatoms. The third-order valence-electron chi connectivity index (χ3n) is 2.92. The molecule has 0 aliphatic heterocycles. The Balaban J connectivity index is 2.28. The van der Waals surface area contributed by atoms with Gasteiger partial charge in [0.15, 0.2) is 0 Å². The van der Waals surface area contributed by atoms with Crippen LogP contribution in [0, 0.1) is 13.8 Å². The van der Waals surface area contributed by atoms with Gasteiger partial charge in [0.2, 0.25) is 5.88 Å². The lowest BCUT2D eigenvalue weighted by Gasteiger charge is -2.11. The number of aryl methyl sites for hydroxylation is 2. The highest BCUT2D eigenvalue weighted by Crippen LogP contribution is 2.29. The van der Waals surface area contributed by atoms with Gasteiger partial charge < -0.3 is 10.5 Å². The summed E-state index contributed by atoms with van der Waals surface area (Å²) in [6, 6.07) is 7.49. The predicted octanol–water partition coefficient (Wildman–Crippen LogP) is 4.16. The van der Waals surface area contributed by atoms with Gasteiger partial charge >= 0.3 is 0 Å². The summed E-state index contributed by atoms with van der Waals surface area (Å²) in [5, 5.41) is 0.768. The molecule has 0 spiro atoms. The highest BCUT2D eigenvalue weighted by atomic mass is 35.5. The first-order valence-corrected chi connectivity index (χ1v) is 6.51. The maximum absolute atomic E-state index is 6.13. The normalized spacial score (nSPS) is 12.3. The van der Waals surface area contributed by atoms with E-state index in [-0.39, 0.29) is 6.04 Å². The summed E-state index contributed by atoms with van der Waals surface area (Å²) in [6.45, 7) is 5.83. The second-order valence-corrected chi connectivity index (χ2v) is 5.07. The molecule has 3 nitrogen and oxygen atoms in total. The third kappa shape index (κ3) is 3.25. The molecular formula is C15H17ClN2O. The number of benzene rings is 1. The monoisotopic (exact) mass is 276 g/mol. The van der Waals surface area contributed by atoms with E-state index in [1.54, 1.807) is 6.20 Å². The number of hydrogen-bond acceptors (Lipinski definition) is 3. The van der Waals surface area contributed by atoms with E-state index in [1.165, 1.54) is 0 Å². The molecule has 1 aromatic carbocycles. The quantitative estimate of drug-likeness (QED) is 0.915. The minimum Gasteiger partial charge on any atom is -0.439 e. The fourth-order valence-corrected chi connectivity index (χ4v) is 1.96. The van der Waals surface area contributed by atoms with Gasteiger partial charge in [-0.25, -0.2) is 4.98 Å². The van der Waals surface area contributed by atoms with E-state index in [0.717, 1.165) is 27.5 Å². The van der Waals surface area contributed by atoms with Crippen molar-refractivity contribution >= 4 is 11.6 Å². The number of rotatable bonds is 3. The molecule has 2 rings (SSSR count). The highest BCUT2D eigenvalue weighted by molar-refractivity contribution is 6.32. The average Bonchev–Trinajstić information content (AvgIpc) is 2.36. The molecule has 100 valence electrons. The predicted molar refractivity (Wildman–Crippen MR) is 77.8 cm³/mol. The Morgan fingerprint density at radius 3 is 2.42 bits per heavy atom. The molecule has 1 aromatic heterocycles. The van der Waals surface area contributed by atoms with Crippen molar-refractivity contribution < 1.29 is 4.74 Å². The molecular weight excluding hydrogens is 260 g/mol. The highest BCUT2D eigenvalue weighted by Gasteiger charge is 2.07. The maximum atomic E-state index is 6.13. The Labute approximate surface area is 118 Å². The first kappa shape index (κ1) is 13.8. The van der Waals surface area contributed by atoms with Crippen LogP contribution in [0.15, 0.2) is 30.5 Å². The zero-order valence-corrected chi connectivity index (χ0v) is 12.0. The van der Waals surface area contributed by atoms with Crippen molar-refractivity contribution in [2.45, 2.75) is 26.8 Å². The fraction of sp³-hybridized carbons (Fsp3) is 0.267. The molecule has 0 bridgehead atoms. The number of aromatic nitrogens is 1. The molecule has 1 heterocycles. The summed E-state index contributed by atoms with van der Waals surface area (Å²) >= 11 is 6.13. The largest absolute Gasteiger partial charge is 0.439 e. The molecule has 0 fully saturated rings. The molecule has 1 atom stereocenters. The molecule has 0 radical (unpaired) electrons. The van der Waals surface area contributed by atoms with E-state index in [2.05, 4.69) is 4.98 Å². The summed E-state index contributed by atoms with van der Waals surface area (Å²) in [6.07, 6.45) is 1.70. The van der Waals surface area contributed by atoms with Gasteiger partial charge in [0.25, 0.3) is 0 Å². The van der Waals surface area contributed by atoms with Crippen molar-refractivity contribution in [2.24, 2.45) is 5.73 Å². The first-order chi connectivity index (χ1) is 8.97. The van der Waals surface area contributed by atoms with Gasteiger partial charge in [-0.05, 0) is 55.7 Å². The van der Waals surface area contributed by atoms with Gasteiger partial charge in [0.1, 0.15) is 5.75 Å². The molecule has 2 aromatic rings. The van der Waals surface area contributed by atoms with Crippen molar-refractivity contribution in [1.82, 2.24) is 4.98 Å². The van der Waals surface area contributed by atoms with E-state index in [9.17, 15) is 0 Å². The van der Waals surface area contributed by atoms with Gasteiger partial charge in [-0.2, -0.15) is 0 Å². The van der Waals surface area contributed by atoms with Crippen LogP contribution in [0.4, 0.5) is 0 Å². The Hall–Kier alpha value is -1.58. The second-order valence-electron chi connectivity index (χ2n) is 4.69. The topological polar surface area (TPSA) is 48.1 Å². The van der Waals surface area contributed by atoms with Crippen molar-refractivity contribution in [3.8, 4) is 11.6 Å². The van der Waals surface area contributed by atoms with Crippen molar-refractivity contribution in [3.05, 3.63) is 52.2 Å². The molecule has 0 saturated carbocycles. The zero-order valence-electron chi connectivity index (χ0n) is 11.3. The van der Waals surface area contributed by atoms with Crippen LogP contribution in [0.2, 0.25) is 5.02 Å². The Kier molecular flexibility index (Phi) is 4.08. The summed E-state index contributed by atoms with van der Waals surface area (Å²) < 4.78 is 5.76. The lowest BCUT2D eigenvalue weighted by Crippen LogP contribution is -2.05. The van der Waals surface area contributed by atoms with Crippen LogP contribution >= 0.6 is 11.6 Å². The summed E-state index contributed by atoms with van der Waals surface area (Å²) in [5.74, 6) is 1.27. The van der Waals surface area contributed by atoms with Crippen molar-refractivity contribution in [1.29, 1.82) is 0 Å². The smallest absolute Gasteiger partial charge is 0.219 e. The van der Waals surface area contributed by atoms with Gasteiger partial charge in [-0.1, -0.05) is 11.6 Å². The van der Waals surface area contributed by atoms with E-state index < -0.39 is 0 Å². The van der Waals surface area contributed by atoms with Crippen molar-refractivity contribution in [3.63, 3.8) is 0 Å². The van der Waals surface area contributed by atoms with Crippen LogP contribution in [-0.4, -0.2) is 4.98 Å². The molecule has 0 unspecified atom stereocenters. The van der Waals surface area contributed by atoms with E-state index in [4.69, 9.17) is 22.1 Å². The van der Waals surface area contributed by atoms with Crippen LogP contribution in [0.5, 0.6) is 11.6 Å². The Morgan fingerprint density at radius 1 is 1.21 bits per heavy atom. The Morgan fingerprint density at radius 2 is 1.84 bits per heavy atom. The average molecular weight is 277 g/mol. The summed E-state index contributed by atoms with van der Waals surface area (Å²) in [7, 11) is 0. The molecule has 0 aliphatic rings. The fourth-order valence-electron chi connectivity index (χ4n) is 1.85. The molecule has 0 saturated heterocycles. The van der Waals surface area contributed by atoms with Gasteiger partial charge in [-0.3, -0.25) is 0 Å². The number of halogens is 1. The van der Waals surface area contributed by atoms with Gasteiger partial charge in [-0.15, -0.1) is 0 Å². The third-order valence-corrected chi connectivity index (χ3v) is 3.51. The summed E-state index contributed by atoms with van der Waals surface area (Å²) in [4.78, 5) is 4.19. The van der Waals surface area contributed by atoms with Crippen LogP contribution in [0.25, 0.3) is 0 Å². The number of pyridine rings is 1. The van der Waals surface area contributed by atoms with Gasteiger partial charge in [0, 0.05) is 23.3 Å². The lowest BCUT2D eigenvalue weighted by atomic mass is 10.1. The summed E-state index contributed by atoms with van der Waals surface area (Å²) in [5.41, 5.74) is 8.81. The molecule has 2 N–H and O–H groups in total. The molecule has 19 heavy (non-hydrogen) atoms. The standard InChI is InChI=1S/C15H17ClN2O/c1-9-6-13(7-10(2)15(9)16)19-14-8-12(11(3)17)4-5-18-14/h4-8,11H,17H2,1-3H3/t11-/m1/s1. The van der Waals surface area contributed by atoms with Crippen LogP contribution < -0.4 is 10.5 Å². The first-order valence-electron chi connectivity index (χ1n) is 6.13. The minimum absolute atomic E-state index is 0.0426. The van der Waals surface area contributed by atoms with Gasteiger partial charge in [0.05, 0.1) is 0 Å². The number of ether oxygens (including phenoxy) is 1.